The van der Waals surface area contributed by atoms with E-state index in [0.29, 0.717) is 43.0 Å². The zero-order valence-electron chi connectivity index (χ0n) is 14.0. The Kier molecular flexibility index (Phi) is 4.69. The van der Waals surface area contributed by atoms with Gasteiger partial charge in [0.05, 0.1) is 18.7 Å². The fourth-order valence-corrected chi connectivity index (χ4v) is 3.52. The van der Waals surface area contributed by atoms with Crippen molar-refractivity contribution in [2.45, 2.75) is 25.7 Å². The fourth-order valence-electron chi connectivity index (χ4n) is 3.52. The van der Waals surface area contributed by atoms with E-state index in [0.717, 1.165) is 32.4 Å². The quantitative estimate of drug-likeness (QED) is 0.827. The molecule has 0 aromatic carbocycles. The molecule has 0 saturated carbocycles. The van der Waals surface area contributed by atoms with Gasteiger partial charge in [-0.2, -0.15) is 4.98 Å². The Morgan fingerprint density at radius 2 is 2.28 bits per heavy atom. The SMILES string of the molecule is O=C([C@@H]1CCOC1)N1CCC[C@H](Cc2nc(-c3cnccn3)no2)C1. The van der Waals surface area contributed by atoms with Gasteiger partial charge in [0.1, 0.15) is 5.69 Å². The smallest absolute Gasteiger partial charge is 0.228 e. The molecular formula is C17H21N5O3. The van der Waals surface area contributed by atoms with E-state index in [1.165, 1.54) is 0 Å². The third-order valence-electron chi connectivity index (χ3n) is 4.83. The first-order valence-electron chi connectivity index (χ1n) is 8.75. The molecule has 4 heterocycles. The van der Waals surface area contributed by atoms with Crippen LogP contribution in [0.4, 0.5) is 0 Å². The van der Waals surface area contributed by atoms with Crippen LogP contribution >= 0.6 is 0 Å². The van der Waals surface area contributed by atoms with E-state index in [1.807, 2.05) is 4.90 Å². The number of ether oxygens (including phenoxy) is 1. The number of carbonyl (C=O) groups is 1. The molecule has 0 spiro atoms. The van der Waals surface area contributed by atoms with Crippen molar-refractivity contribution >= 4 is 5.91 Å². The van der Waals surface area contributed by atoms with Gasteiger partial charge in [-0.25, -0.2) is 4.98 Å². The van der Waals surface area contributed by atoms with Crippen molar-refractivity contribution in [3.05, 3.63) is 24.5 Å². The first-order chi connectivity index (χ1) is 12.3. The second-order valence-electron chi connectivity index (χ2n) is 6.66. The molecule has 2 aliphatic heterocycles. The lowest BCUT2D eigenvalue weighted by molar-refractivity contribution is -0.137. The van der Waals surface area contributed by atoms with Crippen LogP contribution in [0.5, 0.6) is 0 Å². The van der Waals surface area contributed by atoms with Crippen LogP contribution in [0.2, 0.25) is 0 Å². The van der Waals surface area contributed by atoms with Crippen LogP contribution in [0.25, 0.3) is 11.5 Å². The summed E-state index contributed by atoms with van der Waals surface area (Å²) < 4.78 is 10.7. The van der Waals surface area contributed by atoms with Crippen LogP contribution < -0.4 is 0 Å². The summed E-state index contributed by atoms with van der Waals surface area (Å²) in [6, 6.07) is 0. The molecule has 0 N–H and O–H groups in total. The third-order valence-corrected chi connectivity index (χ3v) is 4.83. The van der Waals surface area contributed by atoms with Crippen LogP contribution in [0, 0.1) is 11.8 Å². The average molecular weight is 343 g/mol. The average Bonchev–Trinajstić information content (AvgIpc) is 3.34. The van der Waals surface area contributed by atoms with E-state index < -0.39 is 0 Å². The summed E-state index contributed by atoms with van der Waals surface area (Å²) in [5, 5.41) is 3.98. The van der Waals surface area contributed by atoms with Crippen LogP contribution in [0.15, 0.2) is 23.1 Å². The maximum Gasteiger partial charge on any atom is 0.228 e. The van der Waals surface area contributed by atoms with E-state index in [4.69, 9.17) is 9.26 Å². The second-order valence-corrected chi connectivity index (χ2v) is 6.66. The molecule has 2 aromatic rings. The Morgan fingerprint density at radius 1 is 1.32 bits per heavy atom. The molecule has 0 aliphatic carbocycles. The number of hydrogen-bond donors (Lipinski definition) is 0. The highest BCUT2D eigenvalue weighted by Gasteiger charge is 2.31. The van der Waals surface area contributed by atoms with E-state index in [2.05, 4.69) is 20.1 Å². The molecular weight excluding hydrogens is 322 g/mol. The molecule has 0 bridgehead atoms. The zero-order chi connectivity index (χ0) is 17.1. The molecule has 25 heavy (non-hydrogen) atoms. The minimum absolute atomic E-state index is 0.0328. The Bertz CT molecular complexity index is 714. The van der Waals surface area contributed by atoms with Gasteiger partial charge < -0.3 is 14.2 Å². The number of amides is 1. The Morgan fingerprint density at radius 3 is 3.08 bits per heavy atom. The topological polar surface area (TPSA) is 94.2 Å². The van der Waals surface area contributed by atoms with Gasteiger partial charge in [0, 0.05) is 38.5 Å². The lowest BCUT2D eigenvalue weighted by Crippen LogP contribution is -2.43. The highest BCUT2D eigenvalue weighted by molar-refractivity contribution is 5.79. The van der Waals surface area contributed by atoms with Crippen LogP contribution in [0.3, 0.4) is 0 Å². The Balaban J connectivity index is 1.37. The monoisotopic (exact) mass is 343 g/mol. The Hall–Kier alpha value is -2.35. The zero-order valence-corrected chi connectivity index (χ0v) is 14.0. The first kappa shape index (κ1) is 16.1. The lowest BCUT2D eigenvalue weighted by atomic mass is 9.93. The van der Waals surface area contributed by atoms with Gasteiger partial charge in [-0.15, -0.1) is 0 Å². The molecule has 2 fully saturated rings. The molecule has 8 nitrogen and oxygen atoms in total. The predicted molar refractivity (Wildman–Crippen MR) is 87.3 cm³/mol. The van der Waals surface area contributed by atoms with Gasteiger partial charge in [0.15, 0.2) is 0 Å². The molecule has 0 unspecified atom stereocenters. The van der Waals surface area contributed by atoms with E-state index in [9.17, 15) is 4.79 Å². The highest BCUT2D eigenvalue weighted by Crippen LogP contribution is 2.24. The highest BCUT2D eigenvalue weighted by atomic mass is 16.5. The van der Waals surface area contributed by atoms with Crippen LogP contribution in [0.1, 0.15) is 25.2 Å². The number of rotatable bonds is 4. The summed E-state index contributed by atoms with van der Waals surface area (Å²) >= 11 is 0. The van der Waals surface area contributed by atoms with Crippen molar-refractivity contribution in [2.75, 3.05) is 26.3 Å². The number of likely N-dealkylation sites (tertiary alicyclic amines) is 1. The first-order valence-corrected chi connectivity index (χ1v) is 8.75. The summed E-state index contributed by atoms with van der Waals surface area (Å²) in [6.45, 7) is 2.84. The van der Waals surface area contributed by atoms with Crippen molar-refractivity contribution in [3.63, 3.8) is 0 Å². The minimum Gasteiger partial charge on any atom is -0.381 e. The molecule has 2 atom stereocenters. The normalized spacial score (nSPS) is 23.8. The molecule has 2 aliphatic rings. The number of hydrogen-bond acceptors (Lipinski definition) is 7. The summed E-state index contributed by atoms with van der Waals surface area (Å²) in [7, 11) is 0. The van der Waals surface area contributed by atoms with Gasteiger partial charge in [0.2, 0.25) is 17.6 Å². The molecule has 132 valence electrons. The van der Waals surface area contributed by atoms with Crippen molar-refractivity contribution in [2.24, 2.45) is 11.8 Å². The molecule has 2 aromatic heterocycles. The lowest BCUT2D eigenvalue weighted by Gasteiger charge is -2.33. The van der Waals surface area contributed by atoms with E-state index in [-0.39, 0.29) is 11.8 Å². The van der Waals surface area contributed by atoms with Gasteiger partial charge in [0.25, 0.3) is 0 Å². The number of carbonyl (C=O) groups excluding carboxylic acids is 1. The van der Waals surface area contributed by atoms with Crippen LogP contribution in [-0.2, 0) is 16.0 Å². The molecule has 2 saturated heterocycles. The van der Waals surface area contributed by atoms with Gasteiger partial charge >= 0.3 is 0 Å². The van der Waals surface area contributed by atoms with Crippen molar-refractivity contribution in [3.8, 4) is 11.5 Å². The van der Waals surface area contributed by atoms with Gasteiger partial charge in [-0.05, 0) is 25.2 Å². The summed E-state index contributed by atoms with van der Waals surface area (Å²) in [5.74, 6) is 1.65. The Labute approximate surface area is 145 Å². The maximum atomic E-state index is 12.6. The number of nitrogens with zero attached hydrogens (tertiary/aromatic N) is 5. The van der Waals surface area contributed by atoms with Gasteiger partial charge in [-0.3, -0.25) is 9.78 Å². The van der Waals surface area contributed by atoms with Gasteiger partial charge in [-0.1, -0.05) is 5.16 Å². The van der Waals surface area contributed by atoms with E-state index in [1.54, 1.807) is 18.6 Å². The number of aromatic nitrogens is 4. The largest absolute Gasteiger partial charge is 0.381 e. The van der Waals surface area contributed by atoms with Crippen molar-refractivity contribution < 1.29 is 14.1 Å². The minimum atomic E-state index is 0.0328. The number of piperidine rings is 1. The molecule has 1 amide bonds. The van der Waals surface area contributed by atoms with E-state index >= 15 is 0 Å². The maximum absolute atomic E-state index is 12.6. The summed E-state index contributed by atoms with van der Waals surface area (Å²) in [6.07, 6.45) is 8.40. The molecule has 0 radical (unpaired) electrons. The van der Waals surface area contributed by atoms with Crippen molar-refractivity contribution in [1.29, 1.82) is 0 Å². The molecule has 4 rings (SSSR count). The second kappa shape index (κ2) is 7.26. The van der Waals surface area contributed by atoms with Crippen molar-refractivity contribution in [1.82, 2.24) is 25.0 Å². The van der Waals surface area contributed by atoms with Crippen LogP contribution in [-0.4, -0.2) is 57.2 Å². The molecule has 8 heteroatoms. The predicted octanol–water partition coefficient (Wildman–Crippen LogP) is 1.34. The standard InChI is InChI=1S/C17H21N5O3/c23-17(13-3-7-24-11-13)22-6-1-2-12(10-22)8-15-20-16(21-25-15)14-9-18-4-5-19-14/h4-5,9,12-13H,1-3,6-8,10-11H2/t12-,13-/m1/s1. The fraction of sp³-hybridized carbons (Fsp3) is 0.588. The third kappa shape index (κ3) is 3.68. The summed E-state index contributed by atoms with van der Waals surface area (Å²) in [5.41, 5.74) is 0.596. The summed E-state index contributed by atoms with van der Waals surface area (Å²) in [4.78, 5) is 27.2.